The van der Waals surface area contributed by atoms with Gasteiger partial charge >= 0.3 is 0 Å². The van der Waals surface area contributed by atoms with E-state index in [0.29, 0.717) is 0 Å². The lowest BCUT2D eigenvalue weighted by Crippen LogP contribution is -2.46. The summed E-state index contributed by atoms with van der Waals surface area (Å²) >= 11 is 5.92. The van der Waals surface area contributed by atoms with Crippen LogP contribution in [-0.2, 0) is 6.54 Å². The Morgan fingerprint density at radius 2 is 1.76 bits per heavy atom. The zero-order valence-electron chi connectivity index (χ0n) is 11.9. The number of anilines is 2. The minimum absolute atomic E-state index is 0.753. The first kappa shape index (κ1) is 14.2. The number of nitrogens with two attached hydrogens (primary N) is 1. The molecule has 0 unspecified atom stereocenters. The predicted octanol–water partition coefficient (Wildman–Crippen LogP) is 2.64. The highest BCUT2D eigenvalue weighted by Crippen LogP contribution is 2.21. The molecule has 2 aromatic rings. The summed E-state index contributed by atoms with van der Waals surface area (Å²) in [5.41, 5.74) is 8.04. The van der Waals surface area contributed by atoms with Gasteiger partial charge in [-0.3, -0.25) is 4.90 Å². The summed E-state index contributed by atoms with van der Waals surface area (Å²) in [5.74, 6) is 0.906. The van der Waals surface area contributed by atoms with E-state index in [4.69, 9.17) is 17.3 Å². The summed E-state index contributed by atoms with van der Waals surface area (Å²) < 4.78 is 0. The number of nitrogen functional groups attached to an aromatic ring is 1. The molecule has 1 aliphatic heterocycles. The third-order valence-electron chi connectivity index (χ3n) is 3.81. The summed E-state index contributed by atoms with van der Waals surface area (Å²) in [6.45, 7) is 4.89. The number of benzene rings is 1. The van der Waals surface area contributed by atoms with Crippen molar-refractivity contribution in [2.45, 2.75) is 6.54 Å². The van der Waals surface area contributed by atoms with Crippen molar-refractivity contribution in [1.29, 1.82) is 0 Å². The molecule has 2 heterocycles. The first-order valence-electron chi connectivity index (χ1n) is 7.14. The number of rotatable bonds is 3. The first-order chi connectivity index (χ1) is 10.2. The van der Waals surface area contributed by atoms with Crippen molar-refractivity contribution in [3.8, 4) is 0 Å². The van der Waals surface area contributed by atoms with Gasteiger partial charge in [0.1, 0.15) is 0 Å². The second-order valence-corrected chi connectivity index (χ2v) is 5.74. The number of aromatic nitrogens is 1. The smallest absolute Gasteiger partial charge is 0.151 e. The van der Waals surface area contributed by atoms with Crippen LogP contribution in [0.3, 0.4) is 0 Å². The van der Waals surface area contributed by atoms with E-state index in [1.54, 1.807) is 6.20 Å². The maximum atomic E-state index is 5.99. The summed E-state index contributed by atoms with van der Waals surface area (Å²) in [5, 5.41) is 0.786. The van der Waals surface area contributed by atoms with E-state index in [-0.39, 0.29) is 0 Å². The van der Waals surface area contributed by atoms with Crippen molar-refractivity contribution in [2.24, 2.45) is 0 Å². The maximum absolute atomic E-state index is 5.99. The van der Waals surface area contributed by atoms with E-state index in [1.165, 1.54) is 5.56 Å². The fourth-order valence-corrected chi connectivity index (χ4v) is 2.77. The molecule has 0 atom stereocenters. The van der Waals surface area contributed by atoms with Crippen molar-refractivity contribution >= 4 is 23.1 Å². The van der Waals surface area contributed by atoms with E-state index >= 15 is 0 Å². The lowest BCUT2D eigenvalue weighted by Gasteiger charge is -2.35. The predicted molar refractivity (Wildman–Crippen MR) is 87.6 cm³/mol. The summed E-state index contributed by atoms with van der Waals surface area (Å²) in [4.78, 5) is 9.09. The van der Waals surface area contributed by atoms with Crippen LogP contribution < -0.4 is 10.6 Å². The zero-order chi connectivity index (χ0) is 14.7. The van der Waals surface area contributed by atoms with Gasteiger partial charge in [-0.1, -0.05) is 23.7 Å². The maximum Gasteiger partial charge on any atom is 0.151 e. The van der Waals surface area contributed by atoms with Gasteiger partial charge < -0.3 is 10.6 Å². The first-order valence-corrected chi connectivity index (χ1v) is 7.52. The van der Waals surface area contributed by atoms with Crippen LogP contribution in [0.1, 0.15) is 5.56 Å². The van der Waals surface area contributed by atoms with Crippen LogP contribution in [0.25, 0.3) is 0 Å². The monoisotopic (exact) mass is 302 g/mol. The second kappa shape index (κ2) is 6.33. The average Bonchev–Trinajstić information content (AvgIpc) is 2.51. The lowest BCUT2D eigenvalue weighted by molar-refractivity contribution is 0.249. The topological polar surface area (TPSA) is 45.4 Å². The molecule has 110 valence electrons. The fraction of sp³-hybridized carbons (Fsp3) is 0.312. The average molecular weight is 303 g/mol. The molecule has 0 amide bonds. The van der Waals surface area contributed by atoms with Crippen LogP contribution in [0.4, 0.5) is 11.5 Å². The zero-order valence-corrected chi connectivity index (χ0v) is 12.6. The molecule has 1 aromatic heterocycles. The van der Waals surface area contributed by atoms with Crippen LogP contribution in [0.5, 0.6) is 0 Å². The highest BCUT2D eigenvalue weighted by atomic mass is 35.5. The molecule has 4 nitrogen and oxygen atoms in total. The normalized spacial score (nSPS) is 16.1. The molecule has 1 fully saturated rings. The van der Waals surface area contributed by atoms with Gasteiger partial charge in [0.05, 0.1) is 5.69 Å². The molecule has 0 radical (unpaired) electrons. The number of hydrogen-bond donors (Lipinski definition) is 1. The van der Waals surface area contributed by atoms with Crippen molar-refractivity contribution < 1.29 is 0 Å². The number of nitrogens with zero attached hydrogens (tertiary/aromatic N) is 3. The molecular weight excluding hydrogens is 284 g/mol. The van der Waals surface area contributed by atoms with Gasteiger partial charge in [-0.25, -0.2) is 4.98 Å². The van der Waals surface area contributed by atoms with E-state index in [9.17, 15) is 0 Å². The molecule has 21 heavy (non-hydrogen) atoms. The molecule has 5 heteroatoms. The highest BCUT2D eigenvalue weighted by Gasteiger charge is 2.19. The number of halogens is 1. The minimum atomic E-state index is 0.753. The Kier molecular flexibility index (Phi) is 4.27. The van der Waals surface area contributed by atoms with E-state index in [2.05, 4.69) is 26.9 Å². The molecule has 0 aliphatic carbocycles. The van der Waals surface area contributed by atoms with Gasteiger partial charge in [0.25, 0.3) is 0 Å². The Bertz CT molecular complexity index is 591. The molecular formula is C16H19ClN4. The molecule has 1 aliphatic rings. The van der Waals surface area contributed by atoms with Crippen molar-refractivity contribution in [2.75, 3.05) is 36.8 Å². The van der Waals surface area contributed by atoms with Gasteiger partial charge in [0.15, 0.2) is 5.82 Å². The van der Waals surface area contributed by atoms with Crippen LogP contribution >= 0.6 is 11.6 Å². The SMILES string of the molecule is Nc1cccnc1N1CCN(Cc2ccc(Cl)cc2)CC1. The third-order valence-corrected chi connectivity index (χ3v) is 4.06. The number of piperazine rings is 1. The van der Waals surface area contributed by atoms with Gasteiger partial charge in [0, 0.05) is 43.9 Å². The molecule has 2 N–H and O–H groups in total. The Balaban J connectivity index is 1.58. The molecule has 1 saturated heterocycles. The molecule has 0 spiro atoms. The third kappa shape index (κ3) is 3.46. The largest absolute Gasteiger partial charge is 0.396 e. The molecule has 3 rings (SSSR count). The molecule has 1 aromatic carbocycles. The van der Waals surface area contributed by atoms with Gasteiger partial charge in [-0.05, 0) is 29.8 Å². The number of hydrogen-bond acceptors (Lipinski definition) is 4. The van der Waals surface area contributed by atoms with Crippen LogP contribution in [0.15, 0.2) is 42.6 Å². The standard InChI is InChI=1S/C16H19ClN4/c17-14-5-3-13(4-6-14)12-20-8-10-21(11-9-20)16-15(18)2-1-7-19-16/h1-7H,8-12,18H2. The van der Waals surface area contributed by atoms with Crippen LogP contribution in [-0.4, -0.2) is 36.1 Å². The highest BCUT2D eigenvalue weighted by molar-refractivity contribution is 6.30. The van der Waals surface area contributed by atoms with Crippen molar-refractivity contribution in [1.82, 2.24) is 9.88 Å². The van der Waals surface area contributed by atoms with E-state index < -0.39 is 0 Å². The molecule has 0 bridgehead atoms. The molecule has 0 saturated carbocycles. The summed E-state index contributed by atoms with van der Waals surface area (Å²) in [6, 6.07) is 11.8. The minimum Gasteiger partial charge on any atom is -0.396 e. The van der Waals surface area contributed by atoms with Crippen molar-refractivity contribution in [3.05, 3.63) is 53.2 Å². The van der Waals surface area contributed by atoms with Crippen molar-refractivity contribution in [3.63, 3.8) is 0 Å². The second-order valence-electron chi connectivity index (χ2n) is 5.31. The number of pyridine rings is 1. The fourth-order valence-electron chi connectivity index (χ4n) is 2.64. The Hall–Kier alpha value is -1.78. The quantitative estimate of drug-likeness (QED) is 0.947. The summed E-state index contributed by atoms with van der Waals surface area (Å²) in [7, 11) is 0. The van der Waals surface area contributed by atoms with E-state index in [0.717, 1.165) is 49.3 Å². The van der Waals surface area contributed by atoms with Crippen LogP contribution in [0, 0.1) is 0 Å². The van der Waals surface area contributed by atoms with E-state index in [1.807, 2.05) is 24.3 Å². The Morgan fingerprint density at radius 1 is 1.05 bits per heavy atom. The van der Waals surface area contributed by atoms with Gasteiger partial charge in [0.2, 0.25) is 0 Å². The lowest BCUT2D eigenvalue weighted by atomic mass is 10.2. The Labute approximate surface area is 130 Å². The summed E-state index contributed by atoms with van der Waals surface area (Å²) in [6.07, 6.45) is 1.80. The van der Waals surface area contributed by atoms with Gasteiger partial charge in [-0.15, -0.1) is 0 Å². The van der Waals surface area contributed by atoms with Gasteiger partial charge in [-0.2, -0.15) is 0 Å². The van der Waals surface area contributed by atoms with Crippen LogP contribution in [0.2, 0.25) is 5.02 Å². The Morgan fingerprint density at radius 3 is 2.43 bits per heavy atom.